The van der Waals surface area contributed by atoms with Crippen molar-refractivity contribution in [2.75, 3.05) is 7.05 Å². The van der Waals surface area contributed by atoms with Gasteiger partial charge in [0.15, 0.2) is 0 Å². The van der Waals surface area contributed by atoms with Crippen LogP contribution in [0.3, 0.4) is 0 Å². The van der Waals surface area contributed by atoms with E-state index in [0.29, 0.717) is 17.7 Å². The molecule has 0 atom stereocenters. The van der Waals surface area contributed by atoms with Gasteiger partial charge in [0, 0.05) is 17.7 Å². The van der Waals surface area contributed by atoms with Gasteiger partial charge in [-0.15, -0.1) is 0 Å². The number of alkyl halides is 3. The number of halogens is 3. The Morgan fingerprint density at radius 2 is 1.71 bits per heavy atom. The molecule has 4 rings (SSSR count). The minimum atomic E-state index is -4.53. The Morgan fingerprint density at radius 3 is 2.45 bits per heavy atom. The Balaban J connectivity index is 1.75. The average molecular weight is 423 g/mol. The molecule has 0 spiro atoms. The van der Waals surface area contributed by atoms with Crippen molar-refractivity contribution in [1.29, 1.82) is 0 Å². The summed E-state index contributed by atoms with van der Waals surface area (Å²) in [6, 6.07) is 18.7. The summed E-state index contributed by atoms with van der Waals surface area (Å²) >= 11 is 0. The SMILES string of the molecule is CNCc1cccc(-c2nc(-c3ccc(-c4ccccc4C)c(C(F)(F)F)c3)no2)c1. The van der Waals surface area contributed by atoms with E-state index in [-0.39, 0.29) is 22.8 Å². The molecule has 158 valence electrons. The molecule has 0 aliphatic heterocycles. The van der Waals surface area contributed by atoms with Gasteiger partial charge in [0.2, 0.25) is 5.82 Å². The molecule has 3 aromatic carbocycles. The first-order chi connectivity index (χ1) is 14.9. The summed E-state index contributed by atoms with van der Waals surface area (Å²) in [5, 5.41) is 6.98. The molecule has 0 amide bonds. The van der Waals surface area contributed by atoms with Crippen molar-refractivity contribution in [3.63, 3.8) is 0 Å². The molecule has 0 saturated heterocycles. The molecular formula is C24H20F3N3O. The van der Waals surface area contributed by atoms with Gasteiger partial charge in [-0.25, -0.2) is 0 Å². The fourth-order valence-electron chi connectivity index (χ4n) is 3.50. The van der Waals surface area contributed by atoms with Gasteiger partial charge in [0.05, 0.1) is 5.56 Å². The van der Waals surface area contributed by atoms with Crippen LogP contribution < -0.4 is 5.32 Å². The Bertz CT molecular complexity index is 1210. The van der Waals surface area contributed by atoms with Gasteiger partial charge in [0.25, 0.3) is 5.89 Å². The first-order valence-electron chi connectivity index (χ1n) is 9.72. The zero-order valence-electron chi connectivity index (χ0n) is 17.0. The highest BCUT2D eigenvalue weighted by Gasteiger charge is 2.34. The van der Waals surface area contributed by atoms with Gasteiger partial charge in [-0.2, -0.15) is 18.2 Å². The molecule has 0 fully saturated rings. The maximum atomic E-state index is 13.9. The summed E-state index contributed by atoms with van der Waals surface area (Å²) in [5.41, 5.74) is 2.67. The predicted molar refractivity (Wildman–Crippen MR) is 113 cm³/mol. The lowest BCUT2D eigenvalue weighted by Crippen LogP contribution is -2.08. The van der Waals surface area contributed by atoms with Crippen molar-refractivity contribution in [3.8, 4) is 34.0 Å². The summed E-state index contributed by atoms with van der Waals surface area (Å²) in [7, 11) is 1.84. The van der Waals surface area contributed by atoms with Gasteiger partial charge < -0.3 is 9.84 Å². The number of hydrogen-bond acceptors (Lipinski definition) is 4. The molecule has 1 heterocycles. The molecule has 1 aromatic heterocycles. The lowest BCUT2D eigenvalue weighted by Gasteiger charge is -2.15. The van der Waals surface area contributed by atoms with Crippen LogP contribution in [0, 0.1) is 6.92 Å². The molecule has 0 saturated carbocycles. The van der Waals surface area contributed by atoms with Crippen LogP contribution in [0.2, 0.25) is 0 Å². The van der Waals surface area contributed by atoms with E-state index >= 15 is 0 Å². The second-order valence-electron chi connectivity index (χ2n) is 7.23. The van der Waals surface area contributed by atoms with Crippen LogP contribution in [0.1, 0.15) is 16.7 Å². The molecule has 0 unspecified atom stereocenters. The van der Waals surface area contributed by atoms with Crippen LogP contribution in [0.4, 0.5) is 13.2 Å². The molecule has 31 heavy (non-hydrogen) atoms. The molecule has 0 radical (unpaired) electrons. The third-order valence-corrected chi connectivity index (χ3v) is 5.00. The van der Waals surface area contributed by atoms with E-state index in [1.807, 2.05) is 31.3 Å². The zero-order valence-corrected chi connectivity index (χ0v) is 17.0. The van der Waals surface area contributed by atoms with Crippen LogP contribution >= 0.6 is 0 Å². The maximum absolute atomic E-state index is 13.9. The second-order valence-corrected chi connectivity index (χ2v) is 7.23. The molecule has 0 aliphatic rings. The minimum Gasteiger partial charge on any atom is -0.334 e. The van der Waals surface area contributed by atoms with Crippen LogP contribution in [0.5, 0.6) is 0 Å². The van der Waals surface area contributed by atoms with E-state index in [0.717, 1.165) is 17.2 Å². The van der Waals surface area contributed by atoms with Crippen LogP contribution in [0.25, 0.3) is 34.0 Å². The van der Waals surface area contributed by atoms with Gasteiger partial charge in [-0.1, -0.05) is 53.7 Å². The van der Waals surface area contributed by atoms with Crippen molar-refractivity contribution in [2.24, 2.45) is 0 Å². The summed E-state index contributed by atoms with van der Waals surface area (Å²) in [6.07, 6.45) is -4.53. The Morgan fingerprint density at radius 1 is 0.903 bits per heavy atom. The summed E-state index contributed by atoms with van der Waals surface area (Å²) in [4.78, 5) is 4.33. The fourth-order valence-corrected chi connectivity index (χ4v) is 3.50. The number of aryl methyl sites for hydroxylation is 1. The molecule has 4 nitrogen and oxygen atoms in total. The number of aromatic nitrogens is 2. The summed E-state index contributed by atoms with van der Waals surface area (Å²) in [5.74, 6) is 0.361. The first kappa shape index (κ1) is 20.8. The van der Waals surface area contributed by atoms with Crippen LogP contribution in [-0.2, 0) is 12.7 Å². The lowest BCUT2D eigenvalue weighted by atomic mass is 9.94. The third kappa shape index (κ3) is 4.36. The lowest BCUT2D eigenvalue weighted by molar-refractivity contribution is -0.137. The molecule has 0 bridgehead atoms. The van der Waals surface area contributed by atoms with E-state index in [1.165, 1.54) is 6.07 Å². The highest BCUT2D eigenvalue weighted by molar-refractivity contribution is 5.74. The van der Waals surface area contributed by atoms with E-state index in [2.05, 4.69) is 15.5 Å². The van der Waals surface area contributed by atoms with E-state index in [1.54, 1.807) is 37.3 Å². The largest absolute Gasteiger partial charge is 0.417 e. The quantitative estimate of drug-likeness (QED) is 0.420. The average Bonchev–Trinajstić information content (AvgIpc) is 3.24. The second kappa shape index (κ2) is 8.35. The van der Waals surface area contributed by atoms with Gasteiger partial charge in [0.1, 0.15) is 0 Å². The molecule has 7 heteroatoms. The van der Waals surface area contributed by atoms with Crippen molar-refractivity contribution < 1.29 is 17.7 Å². The summed E-state index contributed by atoms with van der Waals surface area (Å²) < 4.78 is 47.0. The number of benzene rings is 3. The van der Waals surface area contributed by atoms with Crippen LogP contribution in [0.15, 0.2) is 71.3 Å². The minimum absolute atomic E-state index is 0.107. The molecular weight excluding hydrogens is 403 g/mol. The van der Waals surface area contributed by atoms with Crippen molar-refractivity contribution in [2.45, 2.75) is 19.6 Å². The topological polar surface area (TPSA) is 51.0 Å². The third-order valence-electron chi connectivity index (χ3n) is 5.00. The highest BCUT2D eigenvalue weighted by Crippen LogP contribution is 2.40. The van der Waals surface area contributed by atoms with E-state index in [9.17, 15) is 13.2 Å². The molecule has 0 aliphatic carbocycles. The highest BCUT2D eigenvalue weighted by atomic mass is 19.4. The normalized spacial score (nSPS) is 11.6. The van der Waals surface area contributed by atoms with E-state index in [4.69, 9.17) is 4.52 Å². The Labute approximate surface area is 177 Å². The smallest absolute Gasteiger partial charge is 0.334 e. The Hall–Kier alpha value is -3.45. The standard InChI is InChI=1S/C24H20F3N3O/c1-15-6-3-4-9-19(15)20-11-10-17(13-21(20)24(25,26)27)22-29-23(31-30-22)18-8-5-7-16(12-18)14-28-2/h3-13,28H,14H2,1-2H3. The zero-order chi connectivity index (χ0) is 22.0. The first-order valence-corrected chi connectivity index (χ1v) is 9.72. The fraction of sp³-hybridized carbons (Fsp3) is 0.167. The number of rotatable bonds is 5. The van der Waals surface area contributed by atoms with Gasteiger partial charge in [-0.3, -0.25) is 0 Å². The van der Waals surface area contributed by atoms with Gasteiger partial charge in [-0.05, 0) is 54.4 Å². The summed E-state index contributed by atoms with van der Waals surface area (Å²) in [6.45, 7) is 2.46. The van der Waals surface area contributed by atoms with Gasteiger partial charge >= 0.3 is 6.18 Å². The number of hydrogen-bond donors (Lipinski definition) is 1. The maximum Gasteiger partial charge on any atom is 0.417 e. The monoisotopic (exact) mass is 423 g/mol. The number of nitrogens with zero attached hydrogens (tertiary/aromatic N) is 2. The molecule has 4 aromatic rings. The Kier molecular flexibility index (Phi) is 5.61. The van der Waals surface area contributed by atoms with E-state index < -0.39 is 11.7 Å². The van der Waals surface area contributed by atoms with Crippen molar-refractivity contribution >= 4 is 0 Å². The van der Waals surface area contributed by atoms with Crippen molar-refractivity contribution in [3.05, 3.63) is 83.4 Å². The molecule has 1 N–H and O–H groups in total. The van der Waals surface area contributed by atoms with Crippen LogP contribution in [-0.4, -0.2) is 17.2 Å². The number of nitrogens with one attached hydrogen (secondary N) is 1. The predicted octanol–water partition coefficient (Wildman–Crippen LogP) is 6.12. The van der Waals surface area contributed by atoms with Crippen molar-refractivity contribution in [1.82, 2.24) is 15.5 Å².